The van der Waals surface area contributed by atoms with E-state index >= 15 is 0 Å². The van der Waals surface area contributed by atoms with Gasteiger partial charge in [-0.25, -0.2) is 9.18 Å². The van der Waals surface area contributed by atoms with E-state index in [0.29, 0.717) is 5.56 Å². The van der Waals surface area contributed by atoms with Crippen LogP contribution in [0.4, 0.5) is 10.1 Å². The first kappa shape index (κ1) is 14.4. The van der Waals surface area contributed by atoms with Crippen LogP contribution in [-0.4, -0.2) is 22.0 Å². The Bertz CT molecular complexity index is 696. The predicted molar refractivity (Wildman–Crippen MR) is 75.3 cm³/mol. The number of carbonyl (C=O) groups is 2. The lowest BCUT2D eigenvalue weighted by atomic mass is 10.2. The largest absolute Gasteiger partial charge is 0.478 e. The summed E-state index contributed by atoms with van der Waals surface area (Å²) >= 11 is 0. The maximum absolute atomic E-state index is 12.7. The molecule has 0 spiro atoms. The zero-order chi connectivity index (χ0) is 15.2. The van der Waals surface area contributed by atoms with Gasteiger partial charge in [0.2, 0.25) is 5.91 Å². The highest BCUT2D eigenvalue weighted by molar-refractivity contribution is 6.02. The third-order valence-electron chi connectivity index (χ3n) is 2.55. The summed E-state index contributed by atoms with van der Waals surface area (Å²) in [4.78, 5) is 26.2. The van der Waals surface area contributed by atoms with E-state index in [0.717, 1.165) is 0 Å². The summed E-state index contributed by atoms with van der Waals surface area (Å²) in [5.74, 6) is -1.92. The molecule has 5 nitrogen and oxygen atoms in total. The van der Waals surface area contributed by atoms with E-state index in [4.69, 9.17) is 5.11 Å². The van der Waals surface area contributed by atoms with Gasteiger partial charge in [0, 0.05) is 12.3 Å². The van der Waals surface area contributed by atoms with Crippen molar-refractivity contribution >= 4 is 23.6 Å². The minimum absolute atomic E-state index is 0.0182. The van der Waals surface area contributed by atoms with Gasteiger partial charge in [-0.3, -0.25) is 9.78 Å². The van der Waals surface area contributed by atoms with Crippen LogP contribution in [0.2, 0.25) is 0 Å². The number of halogens is 1. The van der Waals surface area contributed by atoms with Crippen molar-refractivity contribution in [2.24, 2.45) is 0 Å². The van der Waals surface area contributed by atoms with Gasteiger partial charge in [-0.2, -0.15) is 0 Å². The Hall–Kier alpha value is -3.02. The molecule has 21 heavy (non-hydrogen) atoms. The Balaban J connectivity index is 2.03. The summed E-state index contributed by atoms with van der Waals surface area (Å²) in [6, 6.07) is 6.95. The van der Waals surface area contributed by atoms with E-state index in [9.17, 15) is 14.0 Å². The lowest BCUT2D eigenvalue weighted by Gasteiger charge is -2.02. The molecule has 0 fully saturated rings. The first-order valence-electron chi connectivity index (χ1n) is 5.97. The normalized spacial score (nSPS) is 10.5. The van der Waals surface area contributed by atoms with Gasteiger partial charge >= 0.3 is 5.97 Å². The Morgan fingerprint density at radius 1 is 1.19 bits per heavy atom. The van der Waals surface area contributed by atoms with Gasteiger partial charge in [0.25, 0.3) is 0 Å². The van der Waals surface area contributed by atoms with Crippen molar-refractivity contribution in [2.75, 3.05) is 5.32 Å². The quantitative estimate of drug-likeness (QED) is 0.847. The molecular weight excluding hydrogens is 275 g/mol. The van der Waals surface area contributed by atoms with Crippen LogP contribution in [0.25, 0.3) is 6.08 Å². The summed E-state index contributed by atoms with van der Waals surface area (Å²) in [7, 11) is 0. The number of anilines is 1. The standard InChI is InChI=1S/C15H11FN2O3/c16-12-4-1-10(2-5-12)3-6-14(19)18-13-7-11(15(20)21)8-17-9-13/h1-9H,(H,18,19)(H,20,21). The Morgan fingerprint density at radius 3 is 2.57 bits per heavy atom. The van der Waals surface area contributed by atoms with Crippen molar-refractivity contribution in [3.05, 3.63) is 65.7 Å². The molecule has 2 aromatic rings. The molecule has 6 heteroatoms. The molecule has 0 aliphatic heterocycles. The van der Waals surface area contributed by atoms with Crippen LogP contribution in [0.15, 0.2) is 48.8 Å². The van der Waals surface area contributed by atoms with E-state index in [1.54, 1.807) is 0 Å². The predicted octanol–water partition coefficient (Wildman–Crippen LogP) is 2.57. The number of carbonyl (C=O) groups excluding carboxylic acids is 1. The fourth-order valence-electron chi connectivity index (χ4n) is 1.55. The number of aromatic nitrogens is 1. The number of benzene rings is 1. The monoisotopic (exact) mass is 286 g/mol. The second kappa shape index (κ2) is 6.42. The van der Waals surface area contributed by atoms with Gasteiger partial charge in [0.1, 0.15) is 5.82 Å². The van der Waals surface area contributed by atoms with Crippen LogP contribution in [0.3, 0.4) is 0 Å². The molecule has 0 aliphatic carbocycles. The van der Waals surface area contributed by atoms with Crippen LogP contribution in [0, 0.1) is 5.82 Å². The van der Waals surface area contributed by atoms with Crippen LogP contribution in [0.5, 0.6) is 0 Å². The lowest BCUT2D eigenvalue weighted by Crippen LogP contribution is -2.09. The molecule has 106 valence electrons. The highest BCUT2D eigenvalue weighted by Crippen LogP contribution is 2.09. The molecule has 0 unspecified atom stereocenters. The third-order valence-corrected chi connectivity index (χ3v) is 2.55. The maximum Gasteiger partial charge on any atom is 0.337 e. The Labute approximate surface area is 119 Å². The van der Waals surface area contributed by atoms with Crippen LogP contribution >= 0.6 is 0 Å². The van der Waals surface area contributed by atoms with Crippen molar-refractivity contribution in [3.63, 3.8) is 0 Å². The summed E-state index contributed by atoms with van der Waals surface area (Å²) in [6.07, 6.45) is 5.31. The molecular formula is C15H11FN2O3. The highest BCUT2D eigenvalue weighted by atomic mass is 19.1. The Kier molecular flexibility index (Phi) is 4.40. The van der Waals surface area contributed by atoms with Gasteiger partial charge in [0.15, 0.2) is 0 Å². The average Bonchev–Trinajstić information content (AvgIpc) is 2.47. The van der Waals surface area contributed by atoms with Crippen molar-refractivity contribution in [3.8, 4) is 0 Å². The average molecular weight is 286 g/mol. The first-order chi connectivity index (χ1) is 10.0. The molecule has 0 saturated heterocycles. The first-order valence-corrected chi connectivity index (χ1v) is 5.97. The number of nitrogens with zero attached hydrogens (tertiary/aromatic N) is 1. The minimum Gasteiger partial charge on any atom is -0.478 e. The molecule has 2 rings (SSSR count). The number of pyridine rings is 1. The second-order valence-corrected chi connectivity index (χ2v) is 4.14. The van der Waals surface area contributed by atoms with Crippen LogP contribution in [-0.2, 0) is 4.79 Å². The Morgan fingerprint density at radius 2 is 1.90 bits per heavy atom. The zero-order valence-corrected chi connectivity index (χ0v) is 10.8. The molecule has 0 atom stereocenters. The van der Waals surface area contributed by atoms with E-state index in [-0.39, 0.29) is 17.1 Å². The van der Waals surface area contributed by atoms with Gasteiger partial charge in [-0.05, 0) is 29.8 Å². The highest BCUT2D eigenvalue weighted by Gasteiger charge is 2.05. The summed E-state index contributed by atoms with van der Waals surface area (Å²) < 4.78 is 12.7. The van der Waals surface area contributed by atoms with Gasteiger partial charge < -0.3 is 10.4 Å². The van der Waals surface area contributed by atoms with Gasteiger partial charge in [0.05, 0.1) is 17.4 Å². The lowest BCUT2D eigenvalue weighted by molar-refractivity contribution is -0.111. The molecule has 1 amide bonds. The molecule has 1 aromatic heterocycles. The fraction of sp³-hybridized carbons (Fsp3) is 0. The van der Waals surface area contributed by atoms with E-state index in [2.05, 4.69) is 10.3 Å². The molecule has 0 radical (unpaired) electrons. The summed E-state index contributed by atoms with van der Waals surface area (Å²) in [6.45, 7) is 0. The zero-order valence-electron chi connectivity index (χ0n) is 10.8. The van der Waals surface area contributed by atoms with Crippen LogP contribution < -0.4 is 5.32 Å². The topological polar surface area (TPSA) is 79.3 Å². The van der Waals surface area contributed by atoms with E-state index in [1.165, 1.54) is 54.9 Å². The molecule has 1 heterocycles. The molecule has 0 bridgehead atoms. The molecule has 2 N–H and O–H groups in total. The number of rotatable bonds is 4. The fourth-order valence-corrected chi connectivity index (χ4v) is 1.55. The van der Waals surface area contributed by atoms with Gasteiger partial charge in [-0.15, -0.1) is 0 Å². The van der Waals surface area contributed by atoms with Crippen molar-refractivity contribution < 1.29 is 19.1 Å². The summed E-state index contributed by atoms with van der Waals surface area (Å²) in [5, 5.41) is 11.3. The van der Waals surface area contributed by atoms with Crippen LogP contribution in [0.1, 0.15) is 15.9 Å². The number of aromatic carboxylic acids is 1. The molecule has 0 saturated carbocycles. The van der Waals surface area contributed by atoms with Gasteiger partial charge in [-0.1, -0.05) is 12.1 Å². The number of amides is 1. The number of nitrogens with one attached hydrogen (secondary N) is 1. The van der Waals surface area contributed by atoms with Crippen molar-refractivity contribution in [2.45, 2.75) is 0 Å². The molecule has 0 aliphatic rings. The number of carboxylic acid groups (broad SMARTS) is 1. The number of hydrogen-bond acceptors (Lipinski definition) is 3. The van der Waals surface area contributed by atoms with E-state index < -0.39 is 11.9 Å². The smallest absolute Gasteiger partial charge is 0.337 e. The maximum atomic E-state index is 12.7. The summed E-state index contributed by atoms with van der Waals surface area (Å²) in [5.41, 5.74) is 0.933. The SMILES string of the molecule is O=C(C=Cc1ccc(F)cc1)Nc1cncc(C(=O)O)c1. The third kappa shape index (κ3) is 4.24. The minimum atomic E-state index is -1.12. The van der Waals surface area contributed by atoms with Crippen molar-refractivity contribution in [1.82, 2.24) is 4.98 Å². The molecule has 1 aromatic carbocycles. The number of hydrogen-bond donors (Lipinski definition) is 2. The number of carboxylic acids is 1. The van der Waals surface area contributed by atoms with Crippen molar-refractivity contribution in [1.29, 1.82) is 0 Å². The van der Waals surface area contributed by atoms with E-state index in [1.807, 2.05) is 0 Å². The second-order valence-electron chi connectivity index (χ2n) is 4.14.